The first-order valence-corrected chi connectivity index (χ1v) is 14.3. The normalized spacial score (nSPS) is 18.2. The molecule has 2 heterocycles. The second kappa shape index (κ2) is 14.2. The molecular formula is C30H36Cl2FN5O4. The minimum absolute atomic E-state index is 0.0219. The predicted octanol–water partition coefficient (Wildman–Crippen LogP) is 5.41. The van der Waals surface area contributed by atoms with Crippen LogP contribution in [-0.4, -0.2) is 66.9 Å². The molecule has 42 heavy (non-hydrogen) atoms. The average molecular weight is 621 g/mol. The Bertz CT molecular complexity index is 1370. The first-order chi connectivity index (χ1) is 19.7. The van der Waals surface area contributed by atoms with Crippen molar-refractivity contribution in [2.45, 2.75) is 52.2 Å². The quantitative estimate of drug-likeness (QED) is 0.415. The van der Waals surface area contributed by atoms with E-state index in [2.05, 4.69) is 20.3 Å². The molecule has 2 amide bonds. The molecule has 1 saturated heterocycles. The molecule has 0 aromatic heterocycles. The third kappa shape index (κ3) is 8.57. The lowest BCUT2D eigenvalue weighted by molar-refractivity contribution is -0.138. The van der Waals surface area contributed by atoms with Gasteiger partial charge in [0.1, 0.15) is 17.5 Å². The molecule has 0 saturated carbocycles. The van der Waals surface area contributed by atoms with Gasteiger partial charge >= 0.3 is 0 Å². The molecule has 0 aliphatic carbocycles. The first-order valence-electron chi connectivity index (χ1n) is 13.6. The number of carbonyl (C=O) groups is 3. The van der Waals surface area contributed by atoms with Crippen molar-refractivity contribution < 1.29 is 23.5 Å². The maximum Gasteiger partial charge on any atom is 0.293 e. The van der Waals surface area contributed by atoms with Crippen LogP contribution in [0, 0.1) is 23.1 Å². The van der Waals surface area contributed by atoms with E-state index >= 15 is 0 Å². The zero-order chi connectivity index (χ0) is 31.2. The topological polar surface area (TPSA) is 115 Å². The number of hydrogen-bond donors (Lipinski definition) is 2. The van der Waals surface area contributed by atoms with E-state index in [1.54, 1.807) is 11.0 Å². The van der Waals surface area contributed by atoms with Crippen molar-refractivity contribution in [3.05, 3.63) is 56.8 Å². The molecule has 2 aliphatic rings. The van der Waals surface area contributed by atoms with Crippen LogP contribution in [0.15, 0.2) is 24.3 Å². The van der Waals surface area contributed by atoms with Crippen LogP contribution in [0.4, 0.5) is 15.8 Å². The van der Waals surface area contributed by atoms with Crippen molar-refractivity contribution in [2.75, 3.05) is 43.9 Å². The summed E-state index contributed by atoms with van der Waals surface area (Å²) < 4.78 is 19.2. The largest absolute Gasteiger partial charge is 0.462 e. The van der Waals surface area contributed by atoms with Gasteiger partial charge in [-0.2, -0.15) is 5.26 Å². The van der Waals surface area contributed by atoms with E-state index < -0.39 is 5.82 Å². The van der Waals surface area contributed by atoms with E-state index in [4.69, 9.17) is 23.2 Å². The maximum atomic E-state index is 14.7. The van der Waals surface area contributed by atoms with Gasteiger partial charge in [0.05, 0.1) is 35.4 Å². The molecule has 2 aromatic rings. The van der Waals surface area contributed by atoms with Gasteiger partial charge in [0, 0.05) is 23.1 Å². The molecule has 2 aliphatic heterocycles. The van der Waals surface area contributed by atoms with Crippen molar-refractivity contribution in [2.24, 2.45) is 5.92 Å². The van der Waals surface area contributed by atoms with Crippen molar-refractivity contribution in [3.63, 3.8) is 0 Å². The maximum absolute atomic E-state index is 14.7. The lowest BCUT2D eigenvalue weighted by Crippen LogP contribution is -2.42. The Morgan fingerprint density at radius 1 is 1.19 bits per heavy atom. The van der Waals surface area contributed by atoms with Gasteiger partial charge in [0.2, 0.25) is 11.8 Å². The zero-order valence-electron chi connectivity index (χ0n) is 24.4. The molecule has 226 valence electrons. The monoisotopic (exact) mass is 619 g/mol. The van der Waals surface area contributed by atoms with E-state index in [9.17, 15) is 24.0 Å². The minimum Gasteiger partial charge on any atom is -0.462 e. The van der Waals surface area contributed by atoms with Gasteiger partial charge < -0.3 is 25.2 Å². The molecule has 9 nitrogen and oxygen atoms in total. The molecular weight excluding hydrogens is 584 g/mol. The van der Waals surface area contributed by atoms with Crippen LogP contribution in [-0.2, 0) is 25.5 Å². The molecule has 0 spiro atoms. The fourth-order valence-corrected chi connectivity index (χ4v) is 5.64. The predicted molar refractivity (Wildman–Crippen MR) is 161 cm³/mol. The number of ether oxygens (including phenoxy) is 1. The van der Waals surface area contributed by atoms with E-state index in [-0.39, 0.29) is 52.9 Å². The first kappa shape index (κ1) is 33.1. The highest BCUT2D eigenvalue weighted by molar-refractivity contribution is 6.35. The van der Waals surface area contributed by atoms with Crippen LogP contribution >= 0.6 is 23.2 Å². The average Bonchev–Trinajstić information content (AvgIpc) is 3.34. The number of rotatable bonds is 6. The summed E-state index contributed by atoms with van der Waals surface area (Å²) in [7, 11) is 1.94. The number of likely N-dealkylation sites (tertiary alicyclic amines) is 1. The lowest BCUT2D eigenvalue weighted by Gasteiger charge is -2.36. The molecule has 4 rings (SSSR count). The van der Waals surface area contributed by atoms with Gasteiger partial charge in [-0.05, 0) is 89.5 Å². The van der Waals surface area contributed by atoms with Crippen molar-refractivity contribution in [1.29, 1.82) is 5.26 Å². The Balaban J connectivity index is 0.000000616. The van der Waals surface area contributed by atoms with Gasteiger partial charge in [0.15, 0.2) is 0 Å². The summed E-state index contributed by atoms with van der Waals surface area (Å²) >= 11 is 12.5. The second-order valence-electron chi connectivity index (χ2n) is 11.4. The highest BCUT2D eigenvalue weighted by atomic mass is 35.5. The van der Waals surface area contributed by atoms with Crippen LogP contribution in [0.5, 0.6) is 0 Å². The Morgan fingerprint density at radius 2 is 1.90 bits per heavy atom. The smallest absolute Gasteiger partial charge is 0.293 e. The molecule has 0 bridgehead atoms. The highest BCUT2D eigenvalue weighted by Gasteiger charge is 2.30. The fraction of sp³-hybridized carbons (Fsp3) is 0.467. The number of anilines is 2. The molecule has 2 atom stereocenters. The lowest BCUT2D eigenvalue weighted by atomic mass is 9.93. The third-order valence-electron chi connectivity index (χ3n) is 7.09. The number of nitriles is 1. The van der Waals surface area contributed by atoms with E-state index in [0.29, 0.717) is 36.0 Å². The fourth-order valence-electron chi connectivity index (χ4n) is 4.95. The molecule has 1 fully saturated rings. The highest BCUT2D eigenvalue weighted by Crippen LogP contribution is 2.37. The Hall–Kier alpha value is -3.39. The summed E-state index contributed by atoms with van der Waals surface area (Å²) in [6.07, 6.45) is 1.34. The van der Waals surface area contributed by atoms with Crippen LogP contribution in [0.25, 0.3) is 0 Å². The summed E-state index contributed by atoms with van der Waals surface area (Å²) in [4.78, 5) is 39.0. The summed E-state index contributed by atoms with van der Waals surface area (Å²) in [6.45, 7) is 9.59. The number of hydrogen-bond acceptors (Lipinski definition) is 7. The number of nitrogens with one attached hydrogen (secondary N) is 2. The van der Waals surface area contributed by atoms with Crippen molar-refractivity contribution >= 4 is 52.9 Å². The zero-order valence-corrected chi connectivity index (χ0v) is 25.9. The van der Waals surface area contributed by atoms with Crippen molar-refractivity contribution in [1.82, 2.24) is 9.80 Å². The molecule has 0 radical (unpaired) electrons. The van der Waals surface area contributed by atoms with Crippen LogP contribution in [0.2, 0.25) is 10.0 Å². The summed E-state index contributed by atoms with van der Waals surface area (Å²) in [5.74, 6) is -1.31. The van der Waals surface area contributed by atoms with Crippen LogP contribution in [0.3, 0.4) is 0 Å². The molecule has 12 heteroatoms. The summed E-state index contributed by atoms with van der Waals surface area (Å²) in [6, 6.07) is 7.62. The Morgan fingerprint density at radius 3 is 2.48 bits per heavy atom. The van der Waals surface area contributed by atoms with E-state index in [0.717, 1.165) is 30.2 Å². The van der Waals surface area contributed by atoms with Gasteiger partial charge in [0.25, 0.3) is 6.47 Å². The van der Waals surface area contributed by atoms with Crippen molar-refractivity contribution in [3.8, 4) is 6.07 Å². The molecule has 2 N–H and O–H groups in total. The number of amides is 2. The number of nitrogens with zero attached hydrogens (tertiary/aromatic N) is 3. The Labute approximate surface area is 255 Å². The van der Waals surface area contributed by atoms with Crippen LogP contribution < -0.4 is 10.6 Å². The summed E-state index contributed by atoms with van der Waals surface area (Å²) in [5, 5.41) is 16.1. The molecule has 2 unspecified atom stereocenters. The number of benzene rings is 2. The van der Waals surface area contributed by atoms with E-state index in [1.165, 1.54) is 6.07 Å². The van der Waals surface area contributed by atoms with E-state index in [1.807, 2.05) is 46.9 Å². The SMILES string of the molecule is CC(C)(C)OC=O.CC1c2c(Cl)cc(Cl)cc2CCN1C(=O)CNc1cc(NC(=O)C2CCN(C)C2)c(C#N)cc1F. The number of fused-ring (bicyclic) bond motifs is 1. The summed E-state index contributed by atoms with van der Waals surface area (Å²) in [5.41, 5.74) is 1.83. The third-order valence-corrected chi connectivity index (χ3v) is 7.62. The van der Waals surface area contributed by atoms with Crippen LogP contribution in [0.1, 0.15) is 56.8 Å². The number of carbonyl (C=O) groups excluding carboxylic acids is 3. The van der Waals surface area contributed by atoms with Gasteiger partial charge in [-0.25, -0.2) is 4.39 Å². The van der Waals surface area contributed by atoms with Gasteiger partial charge in [-0.1, -0.05) is 23.2 Å². The van der Waals surface area contributed by atoms with Gasteiger partial charge in [-0.15, -0.1) is 0 Å². The Kier molecular flexibility index (Phi) is 11.2. The van der Waals surface area contributed by atoms with Gasteiger partial charge in [-0.3, -0.25) is 14.4 Å². The standard InChI is InChI=1S/C25H26Cl2FN5O2.C5H10O2/c1-14-24-15(7-18(26)9-19(24)27)4-6-33(14)23(34)12-30-22-10-21(17(11-29)8-20(22)28)31-25(35)16-3-5-32(2)13-16;1-5(2,3)7-4-6/h7-10,14,16,30H,3-6,12-13H2,1-2H3,(H,31,35);4H,1-3H3. The number of halogens is 3. The minimum atomic E-state index is -0.678. The second-order valence-corrected chi connectivity index (χ2v) is 12.2. The molecule has 2 aromatic carbocycles.